The fourth-order valence-electron chi connectivity index (χ4n) is 1.71. The summed E-state index contributed by atoms with van der Waals surface area (Å²) >= 11 is 0. The topological polar surface area (TPSA) is 37.1 Å². The molecule has 1 aliphatic heterocycles. The molecule has 1 saturated heterocycles. The minimum absolute atomic E-state index is 0.0567. The lowest BCUT2D eigenvalue weighted by molar-refractivity contribution is 0.558. The first-order valence-electron chi connectivity index (χ1n) is 5.81. The Morgan fingerprint density at radius 1 is 1.35 bits per heavy atom. The molecule has 3 nitrogen and oxygen atoms in total. The van der Waals surface area contributed by atoms with Gasteiger partial charge in [0, 0.05) is 6.54 Å². The lowest BCUT2D eigenvalue weighted by Gasteiger charge is -2.05. The van der Waals surface area contributed by atoms with Gasteiger partial charge in [0.05, 0.1) is 10.9 Å². The average molecular weight is 251 g/mol. The second-order valence-electron chi connectivity index (χ2n) is 4.29. The summed E-state index contributed by atoms with van der Waals surface area (Å²) in [5.41, 5.74) is 1.07. The second kappa shape index (κ2) is 4.63. The highest BCUT2D eigenvalue weighted by Crippen LogP contribution is 2.29. The van der Waals surface area contributed by atoms with E-state index in [1.54, 1.807) is 12.1 Å². The van der Waals surface area contributed by atoms with E-state index in [0.717, 1.165) is 12.0 Å². The first kappa shape index (κ1) is 12.3. The predicted octanol–water partition coefficient (Wildman–Crippen LogP) is 2.33. The molecule has 4 heteroatoms. The van der Waals surface area contributed by atoms with Crippen LogP contribution in [0.2, 0.25) is 0 Å². The van der Waals surface area contributed by atoms with Gasteiger partial charge >= 0.3 is 0 Å². The number of sulfonamides is 1. The van der Waals surface area contributed by atoms with Crippen LogP contribution in [0.5, 0.6) is 0 Å². The van der Waals surface area contributed by atoms with Gasteiger partial charge in [0.15, 0.2) is 0 Å². The van der Waals surface area contributed by atoms with Crippen LogP contribution in [-0.2, 0) is 10.0 Å². The molecule has 0 aliphatic carbocycles. The van der Waals surface area contributed by atoms with Crippen molar-refractivity contribution in [1.82, 2.24) is 4.31 Å². The number of nitrogens with zero attached hydrogens (tertiary/aromatic N) is 1. The minimum Gasteiger partial charge on any atom is -0.207 e. The summed E-state index contributed by atoms with van der Waals surface area (Å²) in [5.74, 6) is 0. The van der Waals surface area contributed by atoms with Gasteiger partial charge in [-0.15, -0.1) is 0 Å². The number of rotatable bonds is 4. The summed E-state index contributed by atoms with van der Waals surface area (Å²) in [5, 5.41) is 0. The Balaban J connectivity index is 2.16. The molecule has 2 rings (SSSR count). The van der Waals surface area contributed by atoms with Gasteiger partial charge in [-0.3, -0.25) is 0 Å². The molecule has 0 radical (unpaired) electrons. The van der Waals surface area contributed by atoms with Gasteiger partial charge in [-0.1, -0.05) is 36.8 Å². The molecule has 0 amide bonds. The van der Waals surface area contributed by atoms with Gasteiger partial charge in [0.25, 0.3) is 0 Å². The van der Waals surface area contributed by atoms with E-state index in [2.05, 4.69) is 0 Å². The smallest absolute Gasteiger partial charge is 0.207 e. The van der Waals surface area contributed by atoms with Crippen molar-refractivity contribution in [2.24, 2.45) is 0 Å². The van der Waals surface area contributed by atoms with Crippen LogP contribution in [0, 0.1) is 6.92 Å². The lowest BCUT2D eigenvalue weighted by Crippen LogP contribution is -2.13. The van der Waals surface area contributed by atoms with E-state index in [9.17, 15) is 8.42 Å². The molecule has 1 aliphatic rings. The molecule has 0 saturated carbocycles. The number of aryl methyl sites for hydroxylation is 1. The third-order valence-electron chi connectivity index (χ3n) is 2.82. The fraction of sp³-hybridized carbons (Fsp3) is 0.385. The molecule has 0 bridgehead atoms. The van der Waals surface area contributed by atoms with E-state index in [4.69, 9.17) is 0 Å². The summed E-state index contributed by atoms with van der Waals surface area (Å²) in [6, 6.07) is 7.05. The quantitative estimate of drug-likeness (QED) is 0.608. The Morgan fingerprint density at radius 2 is 2.00 bits per heavy atom. The molecule has 0 spiro atoms. The zero-order valence-electron chi connectivity index (χ0n) is 10.1. The highest BCUT2D eigenvalue weighted by Gasteiger charge is 2.42. The summed E-state index contributed by atoms with van der Waals surface area (Å²) in [6.07, 6.45) is 4.91. The Kier molecular flexibility index (Phi) is 3.35. The van der Waals surface area contributed by atoms with Crippen molar-refractivity contribution in [3.05, 3.63) is 42.0 Å². The van der Waals surface area contributed by atoms with E-state index in [1.807, 2.05) is 38.1 Å². The zero-order valence-corrected chi connectivity index (χ0v) is 10.9. The summed E-state index contributed by atoms with van der Waals surface area (Å²) in [7, 11) is -3.28. The Hall–Kier alpha value is -1.13. The van der Waals surface area contributed by atoms with Gasteiger partial charge in [0.1, 0.15) is 0 Å². The molecule has 0 aromatic heterocycles. The third-order valence-corrected chi connectivity index (χ3v) is 4.73. The molecular formula is C13H17NO2S. The van der Waals surface area contributed by atoms with Crippen LogP contribution in [0.15, 0.2) is 41.3 Å². The second-order valence-corrected chi connectivity index (χ2v) is 6.18. The van der Waals surface area contributed by atoms with E-state index >= 15 is 0 Å². The molecule has 1 aromatic rings. The van der Waals surface area contributed by atoms with E-state index in [0.29, 0.717) is 11.4 Å². The largest absolute Gasteiger partial charge is 0.243 e. The number of hydrogen-bond donors (Lipinski definition) is 0. The van der Waals surface area contributed by atoms with Crippen LogP contribution in [0.1, 0.15) is 18.9 Å². The van der Waals surface area contributed by atoms with Crippen LogP contribution in [0.4, 0.5) is 0 Å². The van der Waals surface area contributed by atoms with Crippen molar-refractivity contribution in [3.8, 4) is 0 Å². The molecular weight excluding hydrogens is 234 g/mol. The normalized spacial score (nSPS) is 24.1. The standard InChI is InChI=1S/C13H17NO2S/c1-3-4-5-12-10-14(12)17(15,16)13-8-6-11(2)7-9-13/h4-9,12H,3,10H2,1-2H3/b5-4+. The highest BCUT2D eigenvalue weighted by molar-refractivity contribution is 7.89. The van der Waals surface area contributed by atoms with E-state index in [1.165, 1.54) is 4.31 Å². The van der Waals surface area contributed by atoms with Crippen molar-refractivity contribution >= 4 is 10.0 Å². The molecule has 2 unspecified atom stereocenters. The fourth-order valence-corrected chi connectivity index (χ4v) is 3.24. The van der Waals surface area contributed by atoms with Crippen molar-refractivity contribution in [2.45, 2.75) is 31.2 Å². The maximum Gasteiger partial charge on any atom is 0.243 e. The maximum absolute atomic E-state index is 12.2. The number of hydrogen-bond acceptors (Lipinski definition) is 2. The lowest BCUT2D eigenvalue weighted by atomic mass is 10.2. The van der Waals surface area contributed by atoms with Gasteiger partial charge in [-0.2, -0.15) is 4.31 Å². The first-order valence-corrected chi connectivity index (χ1v) is 7.25. The third kappa shape index (κ3) is 2.58. The number of allylic oxidation sites excluding steroid dienone is 1. The predicted molar refractivity (Wildman–Crippen MR) is 68.3 cm³/mol. The maximum atomic E-state index is 12.2. The van der Waals surface area contributed by atoms with Gasteiger partial charge in [-0.05, 0) is 25.5 Å². The Labute approximate surface area is 103 Å². The van der Waals surface area contributed by atoms with Crippen LogP contribution < -0.4 is 0 Å². The summed E-state index contributed by atoms with van der Waals surface area (Å²) in [6.45, 7) is 4.59. The Bertz CT molecular complexity index is 517. The monoisotopic (exact) mass is 251 g/mol. The van der Waals surface area contributed by atoms with Gasteiger partial charge < -0.3 is 0 Å². The zero-order chi connectivity index (χ0) is 12.5. The minimum atomic E-state index is -3.28. The Morgan fingerprint density at radius 3 is 2.59 bits per heavy atom. The summed E-state index contributed by atoms with van der Waals surface area (Å²) < 4.78 is 25.9. The van der Waals surface area contributed by atoms with Crippen molar-refractivity contribution in [1.29, 1.82) is 0 Å². The molecule has 1 aromatic carbocycles. The highest BCUT2D eigenvalue weighted by atomic mass is 32.2. The van der Waals surface area contributed by atoms with Gasteiger partial charge in [0.2, 0.25) is 10.0 Å². The molecule has 17 heavy (non-hydrogen) atoms. The molecule has 2 atom stereocenters. The van der Waals surface area contributed by atoms with Crippen molar-refractivity contribution in [3.63, 3.8) is 0 Å². The van der Waals surface area contributed by atoms with Crippen molar-refractivity contribution < 1.29 is 8.42 Å². The number of benzene rings is 1. The van der Waals surface area contributed by atoms with Crippen LogP contribution >= 0.6 is 0 Å². The average Bonchev–Trinajstić information content (AvgIpc) is 3.07. The molecule has 92 valence electrons. The molecule has 0 N–H and O–H groups in total. The van der Waals surface area contributed by atoms with Gasteiger partial charge in [-0.25, -0.2) is 8.42 Å². The molecule has 1 heterocycles. The van der Waals surface area contributed by atoms with Crippen LogP contribution in [-0.4, -0.2) is 25.3 Å². The SMILES string of the molecule is CC/C=C/C1CN1S(=O)(=O)c1ccc(C)cc1. The van der Waals surface area contributed by atoms with Crippen molar-refractivity contribution in [2.75, 3.05) is 6.54 Å². The van der Waals surface area contributed by atoms with Crippen LogP contribution in [0.3, 0.4) is 0 Å². The molecule has 1 fully saturated rings. The van der Waals surface area contributed by atoms with E-state index in [-0.39, 0.29) is 6.04 Å². The van der Waals surface area contributed by atoms with E-state index < -0.39 is 10.0 Å². The van der Waals surface area contributed by atoms with Crippen LogP contribution in [0.25, 0.3) is 0 Å². The summed E-state index contributed by atoms with van der Waals surface area (Å²) in [4.78, 5) is 0.385. The first-order chi connectivity index (χ1) is 8.05.